The number of carbonyl (C=O) groups is 1. The van der Waals surface area contributed by atoms with Crippen molar-refractivity contribution in [1.82, 2.24) is 10.1 Å². The van der Waals surface area contributed by atoms with Gasteiger partial charge in [0, 0.05) is 36.4 Å². The Morgan fingerprint density at radius 3 is 2.58 bits per heavy atom. The Hall–Kier alpha value is -3.08. The molecule has 5 nitrogen and oxygen atoms in total. The van der Waals surface area contributed by atoms with E-state index in [1.807, 2.05) is 65.6 Å². The molecule has 2 aromatic carbocycles. The van der Waals surface area contributed by atoms with E-state index in [1.165, 1.54) is 0 Å². The fourth-order valence-electron chi connectivity index (χ4n) is 3.33. The van der Waals surface area contributed by atoms with Crippen LogP contribution in [0.1, 0.15) is 23.3 Å². The predicted octanol–water partition coefficient (Wildman–Crippen LogP) is 4.06. The van der Waals surface area contributed by atoms with Crippen LogP contribution in [0, 0.1) is 0 Å². The average Bonchev–Trinajstić information content (AvgIpc) is 3.19. The maximum absolute atomic E-state index is 12.8. The smallest absolute Gasteiger partial charge is 0.276 e. The minimum atomic E-state index is -0.0736. The summed E-state index contributed by atoms with van der Waals surface area (Å²) in [5.41, 5.74) is 2.37. The number of likely N-dealkylation sites (tertiary alicyclic amines) is 1. The molecule has 1 fully saturated rings. The molecule has 1 atom stereocenters. The molecule has 0 unspecified atom stereocenters. The number of para-hydroxylation sites is 1. The maximum Gasteiger partial charge on any atom is 0.276 e. The first-order chi connectivity index (χ1) is 12.8. The fraction of sp³-hybridized carbons (Fsp3) is 0.238. The van der Waals surface area contributed by atoms with Crippen LogP contribution in [0.3, 0.4) is 0 Å². The van der Waals surface area contributed by atoms with Crippen LogP contribution in [0.15, 0.2) is 71.3 Å². The topological polar surface area (TPSA) is 58.4 Å². The molecule has 4 rings (SSSR count). The molecule has 1 saturated heterocycles. The molecule has 0 spiro atoms. The number of hydrogen-bond acceptors (Lipinski definition) is 4. The van der Waals surface area contributed by atoms with E-state index in [0.29, 0.717) is 18.0 Å². The van der Waals surface area contributed by atoms with Gasteiger partial charge < -0.3 is 14.7 Å². The summed E-state index contributed by atoms with van der Waals surface area (Å²) in [6, 6.07) is 21.8. The van der Waals surface area contributed by atoms with Crippen molar-refractivity contribution < 1.29 is 9.32 Å². The first kappa shape index (κ1) is 16.4. The third-order valence-corrected chi connectivity index (χ3v) is 4.64. The molecule has 2 heterocycles. The molecule has 0 bridgehead atoms. The molecule has 1 N–H and O–H groups in total. The van der Waals surface area contributed by atoms with Gasteiger partial charge in [-0.15, -0.1) is 0 Å². The lowest BCUT2D eigenvalue weighted by Gasteiger charge is -2.33. The minimum absolute atomic E-state index is 0.0736. The Bertz CT molecular complexity index is 861. The highest BCUT2D eigenvalue weighted by Crippen LogP contribution is 2.22. The lowest BCUT2D eigenvalue weighted by atomic mass is 10.0. The van der Waals surface area contributed by atoms with Crippen molar-refractivity contribution in [3.8, 4) is 11.3 Å². The fourth-order valence-corrected chi connectivity index (χ4v) is 3.33. The van der Waals surface area contributed by atoms with Crippen LogP contribution >= 0.6 is 0 Å². The SMILES string of the molecule is O=C(c1cc(-c2ccccc2)on1)N1CCC[C@H](Nc2ccccc2)C1. The number of rotatable bonds is 4. The summed E-state index contributed by atoms with van der Waals surface area (Å²) in [4.78, 5) is 14.7. The molecular weight excluding hydrogens is 326 g/mol. The van der Waals surface area contributed by atoms with Gasteiger partial charge in [-0.2, -0.15) is 0 Å². The Kier molecular flexibility index (Phi) is 4.69. The van der Waals surface area contributed by atoms with Crippen LogP contribution < -0.4 is 5.32 Å². The van der Waals surface area contributed by atoms with Crippen LogP contribution in [-0.4, -0.2) is 35.1 Å². The zero-order valence-electron chi connectivity index (χ0n) is 14.5. The second kappa shape index (κ2) is 7.44. The van der Waals surface area contributed by atoms with Gasteiger partial charge in [-0.25, -0.2) is 0 Å². The van der Waals surface area contributed by atoms with Crippen molar-refractivity contribution in [3.63, 3.8) is 0 Å². The number of amides is 1. The second-order valence-electron chi connectivity index (χ2n) is 6.54. The molecule has 1 aromatic heterocycles. The molecule has 0 radical (unpaired) electrons. The van der Waals surface area contributed by atoms with Crippen LogP contribution in [0.4, 0.5) is 5.69 Å². The number of anilines is 1. The van der Waals surface area contributed by atoms with Gasteiger partial charge in [0.05, 0.1) is 0 Å². The summed E-state index contributed by atoms with van der Waals surface area (Å²) in [5.74, 6) is 0.542. The van der Waals surface area contributed by atoms with Crippen molar-refractivity contribution >= 4 is 11.6 Å². The molecule has 1 aliphatic rings. The van der Waals surface area contributed by atoms with Crippen molar-refractivity contribution in [3.05, 3.63) is 72.4 Å². The molecule has 1 aliphatic heterocycles. The number of carbonyl (C=O) groups excluding carboxylic acids is 1. The number of nitrogens with zero attached hydrogens (tertiary/aromatic N) is 2. The number of hydrogen-bond donors (Lipinski definition) is 1. The monoisotopic (exact) mass is 347 g/mol. The Balaban J connectivity index is 1.44. The van der Waals surface area contributed by atoms with E-state index in [1.54, 1.807) is 6.07 Å². The third-order valence-electron chi connectivity index (χ3n) is 4.64. The summed E-state index contributed by atoms with van der Waals surface area (Å²) in [7, 11) is 0. The maximum atomic E-state index is 12.8. The van der Waals surface area contributed by atoms with E-state index >= 15 is 0 Å². The van der Waals surface area contributed by atoms with Gasteiger partial charge in [-0.1, -0.05) is 53.7 Å². The van der Waals surface area contributed by atoms with Crippen LogP contribution in [0.5, 0.6) is 0 Å². The molecule has 5 heteroatoms. The largest absolute Gasteiger partial charge is 0.381 e. The number of aromatic nitrogens is 1. The third kappa shape index (κ3) is 3.61. The Labute approximate surface area is 152 Å². The average molecular weight is 347 g/mol. The normalized spacial score (nSPS) is 17.1. The molecular formula is C21H21N3O2. The molecule has 3 aromatic rings. The van der Waals surface area contributed by atoms with Crippen molar-refractivity contribution in [2.45, 2.75) is 18.9 Å². The molecule has 0 saturated carbocycles. The summed E-state index contributed by atoms with van der Waals surface area (Å²) in [6.07, 6.45) is 2.02. The lowest BCUT2D eigenvalue weighted by Crippen LogP contribution is -2.45. The predicted molar refractivity (Wildman–Crippen MR) is 101 cm³/mol. The van der Waals surface area contributed by atoms with Gasteiger partial charge in [0.1, 0.15) is 0 Å². The minimum Gasteiger partial charge on any atom is -0.381 e. The van der Waals surface area contributed by atoms with Crippen LogP contribution in [0.2, 0.25) is 0 Å². The number of nitrogens with one attached hydrogen (secondary N) is 1. The lowest BCUT2D eigenvalue weighted by molar-refractivity contribution is 0.0704. The summed E-state index contributed by atoms with van der Waals surface area (Å²) in [6.45, 7) is 1.42. The number of piperidine rings is 1. The van der Waals surface area contributed by atoms with Gasteiger partial charge in [-0.05, 0) is 25.0 Å². The highest BCUT2D eigenvalue weighted by Gasteiger charge is 2.26. The second-order valence-corrected chi connectivity index (χ2v) is 6.54. The Morgan fingerprint density at radius 1 is 1.08 bits per heavy atom. The Morgan fingerprint density at radius 2 is 1.81 bits per heavy atom. The number of benzene rings is 2. The highest BCUT2D eigenvalue weighted by molar-refractivity contribution is 5.93. The van der Waals surface area contributed by atoms with Gasteiger partial charge in [0.25, 0.3) is 5.91 Å². The zero-order chi connectivity index (χ0) is 17.8. The van der Waals surface area contributed by atoms with Gasteiger partial charge in [0.15, 0.2) is 11.5 Å². The molecule has 1 amide bonds. The van der Waals surface area contributed by atoms with Crippen LogP contribution in [-0.2, 0) is 0 Å². The molecule has 0 aliphatic carbocycles. The van der Waals surface area contributed by atoms with E-state index in [0.717, 1.165) is 30.6 Å². The summed E-state index contributed by atoms with van der Waals surface area (Å²) >= 11 is 0. The molecule has 132 valence electrons. The van der Waals surface area contributed by atoms with E-state index in [4.69, 9.17) is 4.52 Å². The van der Waals surface area contributed by atoms with Gasteiger partial charge in [0.2, 0.25) is 0 Å². The molecule has 26 heavy (non-hydrogen) atoms. The van der Waals surface area contributed by atoms with Crippen molar-refractivity contribution in [2.24, 2.45) is 0 Å². The standard InChI is InChI=1S/C21H21N3O2/c25-21(19-14-20(26-23-19)16-8-3-1-4-9-16)24-13-7-12-18(15-24)22-17-10-5-2-6-11-17/h1-6,8-11,14,18,22H,7,12-13,15H2/t18-/m0/s1. The first-order valence-electron chi connectivity index (χ1n) is 8.92. The van der Waals surface area contributed by atoms with E-state index in [-0.39, 0.29) is 11.9 Å². The quantitative estimate of drug-likeness (QED) is 0.773. The zero-order valence-corrected chi connectivity index (χ0v) is 14.5. The van der Waals surface area contributed by atoms with Gasteiger partial charge >= 0.3 is 0 Å². The van der Waals surface area contributed by atoms with E-state index in [2.05, 4.69) is 10.5 Å². The van der Waals surface area contributed by atoms with E-state index in [9.17, 15) is 4.79 Å². The van der Waals surface area contributed by atoms with E-state index < -0.39 is 0 Å². The van der Waals surface area contributed by atoms with Crippen molar-refractivity contribution in [1.29, 1.82) is 0 Å². The summed E-state index contributed by atoms with van der Waals surface area (Å²) in [5, 5.41) is 7.50. The van der Waals surface area contributed by atoms with Crippen LogP contribution in [0.25, 0.3) is 11.3 Å². The van der Waals surface area contributed by atoms with Crippen molar-refractivity contribution in [2.75, 3.05) is 18.4 Å². The summed E-state index contributed by atoms with van der Waals surface area (Å²) < 4.78 is 5.37. The highest BCUT2D eigenvalue weighted by atomic mass is 16.5. The van der Waals surface area contributed by atoms with Gasteiger partial charge in [-0.3, -0.25) is 4.79 Å². The first-order valence-corrected chi connectivity index (χ1v) is 8.92.